The Labute approximate surface area is 218 Å². The molecule has 0 saturated heterocycles. The van der Waals surface area contributed by atoms with E-state index in [9.17, 15) is 23.1 Å². The fourth-order valence-corrected chi connectivity index (χ4v) is 5.53. The predicted octanol–water partition coefficient (Wildman–Crippen LogP) is 2.88. The van der Waals surface area contributed by atoms with E-state index in [2.05, 4.69) is 5.32 Å². The van der Waals surface area contributed by atoms with Crippen LogP contribution in [0.15, 0.2) is 47.4 Å². The monoisotopic (exact) mass is 529 g/mol. The molecule has 10 heteroatoms. The molecule has 2 N–H and O–H groups in total. The van der Waals surface area contributed by atoms with Gasteiger partial charge in [0.25, 0.3) is 5.91 Å². The van der Waals surface area contributed by atoms with Crippen molar-refractivity contribution in [2.75, 3.05) is 32.1 Å². The summed E-state index contributed by atoms with van der Waals surface area (Å²) in [5.74, 6) is -0.312. The lowest BCUT2D eigenvalue weighted by molar-refractivity contribution is -0.117. The van der Waals surface area contributed by atoms with Crippen molar-refractivity contribution in [2.24, 2.45) is 11.8 Å². The maximum absolute atomic E-state index is 13.5. The molecule has 0 bridgehead atoms. The van der Waals surface area contributed by atoms with Crippen molar-refractivity contribution in [1.82, 2.24) is 9.21 Å². The minimum atomic E-state index is -3.76. The average Bonchev–Trinajstić information content (AvgIpc) is 3.72. The summed E-state index contributed by atoms with van der Waals surface area (Å²) in [6.45, 7) is 5.66. The Morgan fingerprint density at radius 1 is 1.22 bits per heavy atom. The Bertz CT molecular complexity index is 1260. The average molecular weight is 530 g/mol. The number of likely N-dealkylation sites (N-methyl/N-ethyl adjacent to an activating group) is 1. The number of hydrogen-bond acceptors (Lipinski definition) is 6. The number of fused-ring (bicyclic) bond motifs is 1. The van der Waals surface area contributed by atoms with Gasteiger partial charge in [0.2, 0.25) is 15.9 Å². The molecule has 0 radical (unpaired) electrons. The molecule has 1 fully saturated rings. The molecule has 2 amide bonds. The fraction of sp³-hybridized carbons (Fsp3) is 0.481. The lowest BCUT2D eigenvalue weighted by atomic mass is 9.99. The Balaban J connectivity index is 1.64. The van der Waals surface area contributed by atoms with Crippen molar-refractivity contribution < 1.29 is 27.9 Å². The highest BCUT2D eigenvalue weighted by atomic mass is 32.2. The Hall–Kier alpha value is -2.95. The number of carbonyl (C=O) groups is 2. The maximum Gasteiger partial charge on any atom is 0.258 e. The number of nitrogens with zero attached hydrogens (tertiary/aromatic N) is 2. The van der Waals surface area contributed by atoms with Crippen molar-refractivity contribution in [3.8, 4) is 5.75 Å². The molecule has 1 aliphatic carbocycles. The summed E-state index contributed by atoms with van der Waals surface area (Å²) in [4.78, 5) is 27.6. The van der Waals surface area contributed by atoms with Crippen molar-refractivity contribution in [3.63, 3.8) is 0 Å². The molecule has 0 aromatic heterocycles. The molecule has 1 aliphatic heterocycles. The van der Waals surface area contributed by atoms with Gasteiger partial charge in [0.1, 0.15) is 11.9 Å². The van der Waals surface area contributed by atoms with Gasteiger partial charge in [-0.15, -0.1) is 0 Å². The van der Waals surface area contributed by atoms with E-state index in [4.69, 9.17) is 4.74 Å². The van der Waals surface area contributed by atoms with Crippen LogP contribution in [-0.4, -0.2) is 73.4 Å². The topological polar surface area (TPSA) is 116 Å². The molecule has 0 unspecified atom stereocenters. The zero-order valence-electron chi connectivity index (χ0n) is 21.7. The summed E-state index contributed by atoms with van der Waals surface area (Å²) in [7, 11) is -2.24. The van der Waals surface area contributed by atoms with Crippen LogP contribution in [-0.2, 0) is 14.8 Å². The van der Waals surface area contributed by atoms with Crippen molar-refractivity contribution in [3.05, 3.63) is 53.6 Å². The molecule has 3 atom stereocenters. The first-order valence-electron chi connectivity index (χ1n) is 12.6. The second-order valence-corrected chi connectivity index (χ2v) is 12.2. The highest BCUT2D eigenvalue weighted by Crippen LogP contribution is 2.33. The zero-order valence-corrected chi connectivity index (χ0v) is 22.5. The molecule has 4 rings (SSSR count). The molecular weight excluding hydrogens is 494 g/mol. The van der Waals surface area contributed by atoms with Crippen LogP contribution < -0.4 is 10.1 Å². The number of aryl methyl sites for hydroxylation is 1. The van der Waals surface area contributed by atoms with E-state index in [0.717, 1.165) is 18.4 Å². The van der Waals surface area contributed by atoms with Crippen LogP contribution in [0, 0.1) is 18.8 Å². The Kier molecular flexibility index (Phi) is 7.91. The van der Waals surface area contributed by atoms with Gasteiger partial charge in [0, 0.05) is 31.1 Å². The number of aliphatic hydroxyl groups excluding tert-OH is 1. The standard InChI is InChI=1S/C27H35N3O6S/c1-17-5-10-22(11-6-17)37(34,35)29(4)15-25-18(2)14-30(19(3)16-31)27(33)23-13-21(9-12-24(23)36-25)28-26(32)20-7-8-20/h5-6,9-13,18-20,25,31H,7-8,14-16H2,1-4H3,(H,28,32)/t18-,19+,25+/m1/s1. The van der Waals surface area contributed by atoms with Gasteiger partial charge in [-0.05, 0) is 57.0 Å². The van der Waals surface area contributed by atoms with Gasteiger partial charge >= 0.3 is 0 Å². The smallest absolute Gasteiger partial charge is 0.258 e. The number of nitrogens with one attached hydrogen (secondary N) is 1. The normalized spacial score (nSPS) is 21.0. The van der Waals surface area contributed by atoms with Crippen LogP contribution >= 0.6 is 0 Å². The van der Waals surface area contributed by atoms with Crippen LogP contribution in [0.25, 0.3) is 0 Å². The van der Waals surface area contributed by atoms with Gasteiger partial charge in [0.05, 0.1) is 29.7 Å². The lowest BCUT2D eigenvalue weighted by Gasteiger charge is -2.38. The summed E-state index contributed by atoms with van der Waals surface area (Å²) >= 11 is 0. The SMILES string of the molecule is Cc1ccc(S(=O)(=O)N(C)C[C@@H]2Oc3ccc(NC(=O)C4CC4)cc3C(=O)N([C@@H](C)CO)C[C@H]2C)cc1. The second-order valence-electron chi connectivity index (χ2n) is 10.2. The van der Waals surface area contributed by atoms with Gasteiger partial charge in [-0.25, -0.2) is 8.42 Å². The Morgan fingerprint density at radius 3 is 2.51 bits per heavy atom. The molecule has 9 nitrogen and oxygen atoms in total. The Morgan fingerprint density at radius 2 is 1.89 bits per heavy atom. The van der Waals surface area contributed by atoms with E-state index in [1.165, 1.54) is 11.4 Å². The van der Waals surface area contributed by atoms with Gasteiger partial charge in [-0.2, -0.15) is 4.31 Å². The molecule has 37 heavy (non-hydrogen) atoms. The van der Waals surface area contributed by atoms with E-state index in [0.29, 0.717) is 11.4 Å². The number of rotatable bonds is 8. The van der Waals surface area contributed by atoms with E-state index >= 15 is 0 Å². The lowest BCUT2D eigenvalue weighted by Crippen LogP contribution is -2.50. The van der Waals surface area contributed by atoms with Gasteiger partial charge in [-0.3, -0.25) is 9.59 Å². The summed E-state index contributed by atoms with van der Waals surface area (Å²) in [6, 6.07) is 11.1. The highest BCUT2D eigenvalue weighted by molar-refractivity contribution is 7.89. The molecule has 2 aliphatic rings. The van der Waals surface area contributed by atoms with Crippen molar-refractivity contribution in [2.45, 2.75) is 50.7 Å². The first kappa shape index (κ1) is 27.1. The molecule has 2 aromatic rings. The molecule has 1 heterocycles. The number of ether oxygens (including phenoxy) is 1. The first-order chi connectivity index (χ1) is 17.5. The van der Waals surface area contributed by atoms with E-state index in [1.54, 1.807) is 54.3 Å². The van der Waals surface area contributed by atoms with E-state index in [1.807, 2.05) is 13.8 Å². The van der Waals surface area contributed by atoms with Crippen molar-refractivity contribution in [1.29, 1.82) is 0 Å². The number of amides is 2. The predicted molar refractivity (Wildman–Crippen MR) is 140 cm³/mol. The number of carbonyl (C=O) groups excluding carboxylic acids is 2. The molecule has 2 aromatic carbocycles. The zero-order chi connectivity index (χ0) is 26.9. The second kappa shape index (κ2) is 10.8. The number of sulfonamides is 1. The minimum absolute atomic E-state index is 0.0103. The van der Waals surface area contributed by atoms with Crippen LogP contribution in [0.1, 0.15) is 42.6 Å². The first-order valence-corrected chi connectivity index (χ1v) is 14.0. The molecule has 200 valence electrons. The van der Waals surface area contributed by atoms with Gasteiger partial charge in [0.15, 0.2) is 0 Å². The van der Waals surface area contributed by atoms with Crippen LogP contribution in [0.4, 0.5) is 5.69 Å². The number of hydrogen-bond donors (Lipinski definition) is 2. The van der Waals surface area contributed by atoms with Crippen molar-refractivity contribution >= 4 is 27.5 Å². The minimum Gasteiger partial charge on any atom is -0.488 e. The quantitative estimate of drug-likeness (QED) is 0.543. The van der Waals surface area contributed by atoms with E-state index < -0.39 is 22.2 Å². The number of aliphatic hydroxyl groups is 1. The third-order valence-electron chi connectivity index (χ3n) is 7.05. The number of anilines is 1. The number of benzene rings is 2. The summed E-state index contributed by atoms with van der Waals surface area (Å²) < 4.78 is 34.0. The van der Waals surface area contributed by atoms with Gasteiger partial charge < -0.3 is 20.1 Å². The third-order valence-corrected chi connectivity index (χ3v) is 8.88. The summed E-state index contributed by atoms with van der Waals surface area (Å²) in [5.41, 5.74) is 1.72. The van der Waals surface area contributed by atoms with Crippen LogP contribution in [0.5, 0.6) is 5.75 Å². The van der Waals surface area contributed by atoms with Crippen LogP contribution in [0.2, 0.25) is 0 Å². The summed E-state index contributed by atoms with van der Waals surface area (Å²) in [5, 5.41) is 12.7. The third kappa shape index (κ3) is 5.97. The fourth-order valence-electron chi connectivity index (χ4n) is 4.35. The maximum atomic E-state index is 13.5. The highest BCUT2D eigenvalue weighted by Gasteiger charge is 2.36. The molecule has 1 saturated carbocycles. The molecular formula is C27H35N3O6S. The van der Waals surface area contributed by atoms with E-state index in [-0.39, 0.29) is 53.8 Å². The largest absolute Gasteiger partial charge is 0.488 e. The molecule has 0 spiro atoms. The van der Waals surface area contributed by atoms with Gasteiger partial charge in [-0.1, -0.05) is 24.6 Å². The summed E-state index contributed by atoms with van der Waals surface area (Å²) in [6.07, 6.45) is 1.15. The van der Waals surface area contributed by atoms with Crippen LogP contribution in [0.3, 0.4) is 0 Å².